The number of hydrogen-bond acceptors (Lipinski definition) is 9. The number of hydrogen-bond donors (Lipinski definition) is 1. The van der Waals surface area contributed by atoms with Crippen molar-refractivity contribution in [3.8, 4) is 11.8 Å². The molecule has 0 bridgehead atoms. The van der Waals surface area contributed by atoms with Crippen molar-refractivity contribution < 1.29 is 31.2 Å². The van der Waals surface area contributed by atoms with Gasteiger partial charge in [-0.25, -0.2) is 13.1 Å². The number of aromatic nitrogens is 6. The number of tetrazole rings is 1. The number of ketones is 1. The lowest BCUT2D eigenvalue weighted by molar-refractivity contribution is -0.145. The summed E-state index contributed by atoms with van der Waals surface area (Å²) in [6.07, 6.45) is -4.89. The Hall–Kier alpha value is -4.62. The van der Waals surface area contributed by atoms with Crippen LogP contribution in [0.25, 0.3) is 5.69 Å². The number of amides is 1. The number of rotatable bonds is 8. The van der Waals surface area contributed by atoms with E-state index < -0.39 is 39.6 Å². The predicted octanol–water partition coefficient (Wildman–Crippen LogP) is 3.10. The average molecular weight is 647 g/mol. The van der Waals surface area contributed by atoms with Gasteiger partial charge in [-0.3, -0.25) is 9.59 Å². The number of halogens is 4. The van der Waals surface area contributed by atoms with Gasteiger partial charge in [-0.15, -0.1) is 10.2 Å². The van der Waals surface area contributed by atoms with E-state index in [0.29, 0.717) is 21.6 Å². The highest BCUT2D eigenvalue weighted by Gasteiger charge is 2.37. The molecule has 2 aromatic heterocycles. The molecule has 1 aliphatic rings. The van der Waals surface area contributed by atoms with E-state index in [4.69, 9.17) is 11.6 Å². The summed E-state index contributed by atoms with van der Waals surface area (Å²) in [5.74, 6) is -2.87. The Labute approximate surface area is 253 Å². The number of alkyl halides is 3. The van der Waals surface area contributed by atoms with Gasteiger partial charge in [-0.05, 0) is 60.0 Å². The summed E-state index contributed by atoms with van der Waals surface area (Å²) in [6, 6.07) is 12.0. The van der Waals surface area contributed by atoms with Crippen LogP contribution in [-0.4, -0.2) is 67.6 Å². The molecule has 12 nitrogen and oxygen atoms in total. The molecule has 0 aliphatic carbocycles. The van der Waals surface area contributed by atoms with Crippen LogP contribution in [0.5, 0.6) is 0 Å². The molecule has 1 atom stereocenters. The third-order valence-electron chi connectivity index (χ3n) is 6.89. The van der Waals surface area contributed by atoms with Crippen LogP contribution in [0.4, 0.5) is 13.2 Å². The summed E-state index contributed by atoms with van der Waals surface area (Å²) < 4.78 is 64.0. The Morgan fingerprint density at radius 2 is 1.93 bits per heavy atom. The molecule has 0 saturated carbocycles. The number of sulfone groups is 1. The van der Waals surface area contributed by atoms with Gasteiger partial charge in [0.1, 0.15) is 12.2 Å². The molecular formula is C27H22ClF3N8O4S. The number of nitrogens with zero attached hydrogens (tertiary/aromatic N) is 7. The van der Waals surface area contributed by atoms with Crippen LogP contribution in [0.1, 0.15) is 55.5 Å². The summed E-state index contributed by atoms with van der Waals surface area (Å²) in [7, 11) is -3.28. The fourth-order valence-corrected chi connectivity index (χ4v) is 6.71. The topological polar surface area (TPSA) is 166 Å². The second-order valence-corrected chi connectivity index (χ2v) is 12.8. The molecule has 0 radical (unpaired) electrons. The summed E-state index contributed by atoms with van der Waals surface area (Å²) in [5, 5.41) is 26.6. The molecule has 1 saturated heterocycles. The lowest BCUT2D eigenvalue weighted by Crippen LogP contribution is -2.36. The van der Waals surface area contributed by atoms with Crippen LogP contribution in [0.2, 0.25) is 5.02 Å². The van der Waals surface area contributed by atoms with Crippen LogP contribution in [0, 0.1) is 18.3 Å². The van der Waals surface area contributed by atoms with Crippen LogP contribution in [-0.2, 0) is 29.0 Å². The van der Waals surface area contributed by atoms with Gasteiger partial charge in [0.05, 0.1) is 39.5 Å². The smallest absolute Gasteiger partial charge is 0.348 e. The first-order valence-electron chi connectivity index (χ1n) is 13.0. The maximum absolute atomic E-state index is 13.9. The van der Waals surface area contributed by atoms with E-state index in [1.807, 2.05) is 6.07 Å². The molecule has 3 heterocycles. The SMILES string of the molecule is Cc1cc(C#N)cc(C(=O)NC2CCS(=O)(=O)C2)c1CC(=O)c1cc(Cn2nnc(C(F)(F)F)n2)nn1-c1ccccc1Cl. The number of nitrogens with one attached hydrogen (secondary N) is 1. The molecule has 1 aliphatic heterocycles. The molecule has 1 unspecified atom stereocenters. The molecule has 1 fully saturated rings. The zero-order valence-corrected chi connectivity index (χ0v) is 24.4. The number of para-hydroxylation sites is 1. The van der Waals surface area contributed by atoms with Crippen molar-refractivity contribution in [1.82, 2.24) is 35.3 Å². The number of carbonyl (C=O) groups is 2. The van der Waals surface area contributed by atoms with Gasteiger partial charge >= 0.3 is 6.18 Å². The monoisotopic (exact) mass is 646 g/mol. The van der Waals surface area contributed by atoms with E-state index >= 15 is 0 Å². The third-order valence-corrected chi connectivity index (χ3v) is 8.98. The van der Waals surface area contributed by atoms with E-state index in [1.165, 1.54) is 22.9 Å². The van der Waals surface area contributed by atoms with Gasteiger partial charge in [0.15, 0.2) is 15.6 Å². The minimum Gasteiger partial charge on any atom is -0.348 e. The molecule has 1 N–H and O–H groups in total. The summed E-state index contributed by atoms with van der Waals surface area (Å²) >= 11 is 6.38. The standard InChI is InChI=1S/C27H22ClF3N8O4S/c1-15-8-16(12-32)9-20(25(41)33-17-6-7-44(42,43)14-17)19(15)11-24(40)23-10-18(13-38-36-26(34-37-38)27(29,30)31)35-39(23)22-5-3-2-4-21(22)28/h2-5,8-10,17H,6-7,11,13-14H2,1H3,(H,33,41). The lowest BCUT2D eigenvalue weighted by atomic mass is 9.93. The maximum Gasteiger partial charge on any atom is 0.455 e. The molecule has 17 heteroatoms. The van der Waals surface area contributed by atoms with E-state index in [9.17, 15) is 36.4 Å². The van der Waals surface area contributed by atoms with E-state index in [2.05, 4.69) is 25.8 Å². The van der Waals surface area contributed by atoms with Crippen molar-refractivity contribution in [2.45, 2.75) is 38.5 Å². The molecule has 4 aromatic rings. The number of benzene rings is 2. The zero-order chi connectivity index (χ0) is 31.8. The fourth-order valence-electron chi connectivity index (χ4n) is 4.82. The van der Waals surface area contributed by atoms with Crippen molar-refractivity contribution in [2.75, 3.05) is 11.5 Å². The van der Waals surface area contributed by atoms with Crippen LogP contribution in [0.3, 0.4) is 0 Å². The van der Waals surface area contributed by atoms with Crippen molar-refractivity contribution in [2.24, 2.45) is 0 Å². The molecule has 5 rings (SSSR count). The fraction of sp³-hybridized carbons (Fsp3) is 0.296. The van der Waals surface area contributed by atoms with Crippen molar-refractivity contribution in [3.05, 3.63) is 87.0 Å². The highest BCUT2D eigenvalue weighted by Crippen LogP contribution is 2.27. The first-order valence-corrected chi connectivity index (χ1v) is 15.2. The molecule has 2 aromatic carbocycles. The van der Waals surface area contributed by atoms with Gasteiger partial charge in [0.25, 0.3) is 11.7 Å². The second-order valence-electron chi connectivity index (χ2n) is 10.1. The van der Waals surface area contributed by atoms with Crippen molar-refractivity contribution in [1.29, 1.82) is 5.26 Å². The average Bonchev–Trinajstić information content (AvgIpc) is 3.68. The predicted molar refractivity (Wildman–Crippen MR) is 149 cm³/mol. The molecule has 1 amide bonds. The minimum atomic E-state index is -4.80. The highest BCUT2D eigenvalue weighted by molar-refractivity contribution is 7.91. The van der Waals surface area contributed by atoms with E-state index in [0.717, 1.165) is 0 Å². The molecular weight excluding hydrogens is 625 g/mol. The van der Waals surface area contributed by atoms with Crippen molar-refractivity contribution >= 4 is 33.1 Å². The number of carbonyl (C=O) groups excluding carboxylic acids is 2. The zero-order valence-electron chi connectivity index (χ0n) is 22.8. The molecule has 228 valence electrons. The van der Waals surface area contributed by atoms with Gasteiger partial charge in [0.2, 0.25) is 0 Å². The first-order chi connectivity index (χ1) is 20.7. The van der Waals surface area contributed by atoms with Crippen LogP contribution < -0.4 is 5.32 Å². The Balaban J connectivity index is 1.50. The number of aryl methyl sites for hydroxylation is 1. The largest absolute Gasteiger partial charge is 0.455 e. The number of nitriles is 1. The summed E-state index contributed by atoms with van der Waals surface area (Å²) in [5.41, 5.74) is 1.41. The van der Waals surface area contributed by atoms with Gasteiger partial charge in [-0.2, -0.15) is 28.3 Å². The molecule has 0 spiro atoms. The maximum atomic E-state index is 13.9. The van der Waals surface area contributed by atoms with Gasteiger partial charge in [0, 0.05) is 18.0 Å². The second kappa shape index (κ2) is 11.8. The normalized spacial score (nSPS) is 16.0. The Kier molecular flexibility index (Phi) is 8.28. The van der Waals surface area contributed by atoms with Gasteiger partial charge in [-0.1, -0.05) is 23.7 Å². The highest BCUT2D eigenvalue weighted by atomic mass is 35.5. The quantitative estimate of drug-likeness (QED) is 0.283. The minimum absolute atomic E-state index is 0.00117. The first kappa shape index (κ1) is 30.8. The van der Waals surface area contributed by atoms with Crippen molar-refractivity contribution in [3.63, 3.8) is 0 Å². The Morgan fingerprint density at radius 3 is 2.57 bits per heavy atom. The van der Waals surface area contributed by atoms with E-state index in [1.54, 1.807) is 31.2 Å². The van der Waals surface area contributed by atoms with Crippen LogP contribution >= 0.6 is 11.6 Å². The lowest BCUT2D eigenvalue weighted by Gasteiger charge is -2.16. The Bertz CT molecular complexity index is 1930. The summed E-state index contributed by atoms with van der Waals surface area (Å²) in [4.78, 5) is 27.9. The van der Waals surface area contributed by atoms with Gasteiger partial charge < -0.3 is 5.32 Å². The van der Waals surface area contributed by atoms with Crippen LogP contribution in [0.15, 0.2) is 42.5 Å². The van der Waals surface area contributed by atoms with E-state index in [-0.39, 0.29) is 58.4 Å². The molecule has 44 heavy (non-hydrogen) atoms. The Morgan fingerprint density at radius 1 is 1.18 bits per heavy atom. The number of Topliss-reactive ketones (excluding diaryl/α,β-unsaturated/α-hetero) is 1. The third kappa shape index (κ3) is 6.63. The summed E-state index contributed by atoms with van der Waals surface area (Å²) in [6.45, 7) is 1.28.